The third-order valence-electron chi connectivity index (χ3n) is 7.11. The Morgan fingerprint density at radius 1 is 1.14 bits per heavy atom. The minimum absolute atomic E-state index is 0.114. The summed E-state index contributed by atoms with van der Waals surface area (Å²) in [4.78, 5) is 25.9. The van der Waals surface area contributed by atoms with Crippen LogP contribution in [-0.2, 0) is 32.6 Å². The highest BCUT2D eigenvalue weighted by Crippen LogP contribution is 2.31. The molecule has 0 unspecified atom stereocenters. The number of carbonyl (C=O) groups excluding carboxylic acids is 2. The number of fused-ring (bicyclic) bond motifs is 1. The molecule has 0 spiro atoms. The summed E-state index contributed by atoms with van der Waals surface area (Å²) in [6.45, 7) is 2.56. The summed E-state index contributed by atoms with van der Waals surface area (Å²) in [6.07, 6.45) is 7.56. The Labute approximate surface area is 212 Å². The average molecular weight is 509 g/mol. The third kappa shape index (κ3) is 5.17. The normalized spacial score (nSPS) is 21.6. The Kier molecular flexibility index (Phi) is 6.85. The van der Waals surface area contributed by atoms with Gasteiger partial charge in [0.25, 0.3) is 10.0 Å². The smallest absolute Gasteiger partial charge is 0.264 e. The van der Waals surface area contributed by atoms with Crippen molar-refractivity contribution in [3.05, 3.63) is 77.1 Å². The van der Waals surface area contributed by atoms with Gasteiger partial charge >= 0.3 is 0 Å². The number of nitrogens with one attached hydrogen (secondary N) is 3. The lowest BCUT2D eigenvalue weighted by molar-refractivity contribution is -0.129. The Hall–Kier alpha value is -3.17. The van der Waals surface area contributed by atoms with Crippen molar-refractivity contribution in [1.29, 1.82) is 0 Å². The lowest BCUT2D eigenvalue weighted by Gasteiger charge is -2.32. The van der Waals surface area contributed by atoms with Crippen LogP contribution in [0.4, 0.5) is 0 Å². The Morgan fingerprint density at radius 3 is 2.72 bits per heavy atom. The first-order chi connectivity index (χ1) is 17.3. The van der Waals surface area contributed by atoms with Gasteiger partial charge in [-0.2, -0.15) is 0 Å². The lowest BCUT2D eigenvalue weighted by Crippen LogP contribution is -2.51. The van der Waals surface area contributed by atoms with Crippen molar-refractivity contribution in [3.63, 3.8) is 0 Å². The van der Waals surface area contributed by atoms with Crippen LogP contribution in [0.15, 0.2) is 59.8 Å². The Morgan fingerprint density at radius 2 is 1.94 bits per heavy atom. The number of benzene rings is 2. The number of aryl methyl sites for hydroxylation is 2. The summed E-state index contributed by atoms with van der Waals surface area (Å²) in [7, 11) is -4.01. The van der Waals surface area contributed by atoms with E-state index in [0.717, 1.165) is 35.7 Å². The first kappa shape index (κ1) is 24.5. The number of sulfonamides is 1. The fourth-order valence-electron chi connectivity index (χ4n) is 5.00. The minimum Gasteiger partial charge on any atom is -0.349 e. The zero-order valence-corrected chi connectivity index (χ0v) is 21.2. The van der Waals surface area contributed by atoms with Crippen molar-refractivity contribution in [1.82, 2.24) is 20.3 Å². The number of nitrogens with zero attached hydrogens (tertiary/aromatic N) is 1. The highest BCUT2D eigenvalue weighted by Gasteiger charge is 2.38. The summed E-state index contributed by atoms with van der Waals surface area (Å²) in [5, 5.41) is 9.15. The van der Waals surface area contributed by atoms with Crippen molar-refractivity contribution in [3.8, 4) is 0 Å². The van der Waals surface area contributed by atoms with E-state index >= 15 is 0 Å². The highest BCUT2D eigenvalue weighted by atomic mass is 32.2. The van der Waals surface area contributed by atoms with E-state index in [2.05, 4.69) is 34.1 Å². The molecule has 1 saturated carbocycles. The number of hydrogen-bond acceptors (Lipinski definition) is 5. The number of hydrogen-bond donors (Lipinski definition) is 3. The van der Waals surface area contributed by atoms with Gasteiger partial charge in [-0.15, -0.1) is 0 Å². The van der Waals surface area contributed by atoms with Crippen LogP contribution < -0.4 is 16.0 Å². The average Bonchev–Trinajstić information content (AvgIpc) is 3.69. The van der Waals surface area contributed by atoms with Crippen molar-refractivity contribution >= 4 is 21.8 Å². The molecule has 0 saturated heterocycles. The van der Waals surface area contributed by atoms with Gasteiger partial charge in [0.15, 0.2) is 0 Å². The van der Waals surface area contributed by atoms with Crippen LogP contribution in [0.5, 0.6) is 0 Å². The second-order valence-corrected chi connectivity index (χ2v) is 11.7. The highest BCUT2D eigenvalue weighted by molar-refractivity contribution is 7.89. The molecule has 5 rings (SSSR count). The van der Waals surface area contributed by atoms with Gasteiger partial charge in [-0.25, -0.2) is 8.42 Å². The van der Waals surface area contributed by atoms with Gasteiger partial charge in [-0.1, -0.05) is 36.4 Å². The molecular formula is C27H32N4O4S. The fourth-order valence-corrected chi connectivity index (χ4v) is 6.68. The summed E-state index contributed by atoms with van der Waals surface area (Å²) in [6, 6.07) is 12.4. The van der Waals surface area contributed by atoms with E-state index in [-0.39, 0.29) is 23.3 Å². The van der Waals surface area contributed by atoms with E-state index in [1.165, 1.54) is 42.4 Å². The second-order valence-electron chi connectivity index (χ2n) is 9.85. The number of carbonyl (C=O) groups is 2. The molecule has 1 heterocycles. The Balaban J connectivity index is 1.30. The molecule has 0 aromatic heterocycles. The first-order valence-corrected chi connectivity index (χ1v) is 14.0. The van der Waals surface area contributed by atoms with Gasteiger partial charge in [0.05, 0.1) is 17.4 Å². The monoisotopic (exact) mass is 508 g/mol. The molecule has 0 bridgehead atoms. The molecule has 2 amide bonds. The van der Waals surface area contributed by atoms with Gasteiger partial charge in [0.1, 0.15) is 6.04 Å². The zero-order valence-electron chi connectivity index (χ0n) is 20.4. The predicted octanol–water partition coefficient (Wildman–Crippen LogP) is 2.79. The van der Waals surface area contributed by atoms with Gasteiger partial charge in [0, 0.05) is 25.0 Å². The summed E-state index contributed by atoms with van der Waals surface area (Å²) >= 11 is 0. The van der Waals surface area contributed by atoms with Crippen molar-refractivity contribution in [2.45, 2.75) is 75.0 Å². The molecule has 1 aliphatic heterocycles. The molecule has 2 aliphatic carbocycles. The standard InChI is InChI=1S/C27H32N4O4S/c1-18-5-2-3-8-25(18)36(34,35)31-14-13-28-27(33)24(31)16-26(32)30-23-7-4-6-20-15-19(9-12-22(20)23)17-29-21-10-11-21/h2-3,5,8-9,12-15,21,23-24,29H,4,6-7,10-11,16-17H2,1H3,(H,28,33)(H,30,32)/t23-,24-/m1/s1. The molecule has 1 fully saturated rings. The van der Waals surface area contributed by atoms with Crippen LogP contribution in [0.2, 0.25) is 0 Å². The molecule has 2 aromatic carbocycles. The van der Waals surface area contributed by atoms with Crippen LogP contribution >= 0.6 is 0 Å². The summed E-state index contributed by atoms with van der Waals surface area (Å²) in [5.41, 5.74) is 4.16. The van der Waals surface area contributed by atoms with Crippen molar-refractivity contribution in [2.24, 2.45) is 0 Å². The first-order valence-electron chi connectivity index (χ1n) is 12.5. The van der Waals surface area contributed by atoms with Gasteiger partial charge in [0.2, 0.25) is 11.8 Å². The van der Waals surface area contributed by atoms with Gasteiger partial charge in [-0.3, -0.25) is 13.9 Å². The zero-order chi connectivity index (χ0) is 25.3. The largest absolute Gasteiger partial charge is 0.349 e. The molecule has 36 heavy (non-hydrogen) atoms. The van der Waals surface area contributed by atoms with Crippen LogP contribution in [0.1, 0.15) is 60.4 Å². The molecule has 3 aliphatic rings. The maximum Gasteiger partial charge on any atom is 0.264 e. The third-order valence-corrected chi connectivity index (χ3v) is 9.06. The molecule has 2 atom stereocenters. The molecular weight excluding hydrogens is 476 g/mol. The topological polar surface area (TPSA) is 108 Å². The molecule has 9 heteroatoms. The van der Waals surface area contributed by atoms with Crippen molar-refractivity contribution < 1.29 is 18.0 Å². The van der Waals surface area contributed by atoms with Crippen LogP contribution in [0.3, 0.4) is 0 Å². The fraction of sp³-hybridized carbons (Fsp3) is 0.407. The van der Waals surface area contributed by atoms with E-state index in [1.54, 1.807) is 25.1 Å². The molecule has 190 valence electrons. The van der Waals surface area contributed by atoms with Gasteiger partial charge in [-0.05, 0) is 67.3 Å². The SMILES string of the molecule is Cc1ccccc1S(=O)(=O)N1C=CNC(=O)[C@H]1CC(=O)N[C@@H]1CCCc2cc(CNC3CC3)ccc21. The summed E-state index contributed by atoms with van der Waals surface area (Å²) in [5.74, 6) is -0.880. The number of rotatable bonds is 8. The molecule has 3 N–H and O–H groups in total. The lowest BCUT2D eigenvalue weighted by atomic mass is 9.86. The van der Waals surface area contributed by atoms with E-state index in [4.69, 9.17) is 0 Å². The molecule has 8 nitrogen and oxygen atoms in total. The second kappa shape index (κ2) is 10.1. The van der Waals surface area contributed by atoms with E-state index < -0.39 is 22.0 Å². The van der Waals surface area contributed by atoms with E-state index in [0.29, 0.717) is 11.6 Å². The van der Waals surface area contributed by atoms with Gasteiger partial charge < -0.3 is 16.0 Å². The van der Waals surface area contributed by atoms with Crippen LogP contribution in [0, 0.1) is 6.92 Å². The maximum absolute atomic E-state index is 13.4. The molecule has 2 aromatic rings. The summed E-state index contributed by atoms with van der Waals surface area (Å²) < 4.78 is 27.8. The predicted molar refractivity (Wildman–Crippen MR) is 136 cm³/mol. The van der Waals surface area contributed by atoms with Crippen molar-refractivity contribution in [2.75, 3.05) is 0 Å². The van der Waals surface area contributed by atoms with Crippen LogP contribution in [0.25, 0.3) is 0 Å². The quantitative estimate of drug-likeness (QED) is 0.508. The van der Waals surface area contributed by atoms with E-state index in [1.807, 2.05) is 0 Å². The molecule has 0 radical (unpaired) electrons. The number of amides is 2. The maximum atomic E-state index is 13.4. The van der Waals surface area contributed by atoms with E-state index in [9.17, 15) is 18.0 Å². The Bertz CT molecular complexity index is 1300. The van der Waals surface area contributed by atoms with Crippen LogP contribution in [-0.4, -0.2) is 36.6 Å². The minimum atomic E-state index is -4.01.